The molecule has 0 N–H and O–H groups in total. The largest absolute Gasteiger partial charge is 0.543 e. The molecule has 0 atom stereocenters. The number of carboxylic acids is 2. The standard InChI is InChI=1S/2C6H5NO2.Ir/c2*8-6(9)5-3-1-2-4-7-5;/h2*1-4H,(H,8,9);/p-2. The summed E-state index contributed by atoms with van der Waals surface area (Å²) in [4.78, 5) is 27.1. The van der Waals surface area contributed by atoms with Gasteiger partial charge in [-0.2, -0.15) is 0 Å². The number of rotatable bonds is 2. The second-order valence-corrected chi connectivity index (χ2v) is 3.00. The molecule has 6 nitrogen and oxygen atoms in total. The molecule has 101 valence electrons. The van der Waals surface area contributed by atoms with Gasteiger partial charge in [-0.3, -0.25) is 9.97 Å². The number of hydrogen-bond acceptors (Lipinski definition) is 6. The third-order valence-corrected chi connectivity index (χ3v) is 1.75. The molecule has 1 radical (unpaired) electrons. The van der Waals surface area contributed by atoms with Crippen LogP contribution in [0.15, 0.2) is 48.8 Å². The van der Waals surface area contributed by atoms with Gasteiger partial charge >= 0.3 is 0 Å². The molecular weight excluding hydrogens is 428 g/mol. The third-order valence-electron chi connectivity index (χ3n) is 1.75. The number of carboxylic acid groups (broad SMARTS) is 2. The first-order valence-corrected chi connectivity index (χ1v) is 4.86. The summed E-state index contributed by atoms with van der Waals surface area (Å²) in [6, 6.07) is 9.25. The fraction of sp³-hybridized carbons (Fsp3) is 0. The molecule has 0 aliphatic carbocycles. The Morgan fingerprint density at radius 2 is 1.16 bits per heavy atom. The van der Waals surface area contributed by atoms with Crippen molar-refractivity contribution in [3.05, 3.63) is 60.2 Å². The summed E-state index contributed by atoms with van der Waals surface area (Å²) < 4.78 is 0. The van der Waals surface area contributed by atoms with Crippen LogP contribution in [0.1, 0.15) is 21.0 Å². The molecule has 2 heterocycles. The first kappa shape index (κ1) is 16.9. The van der Waals surface area contributed by atoms with Gasteiger partial charge in [-0.25, -0.2) is 0 Å². The fourth-order valence-electron chi connectivity index (χ4n) is 0.967. The van der Waals surface area contributed by atoms with Gasteiger partial charge in [0.25, 0.3) is 0 Å². The molecule has 7 heteroatoms. The molecule has 0 unspecified atom stereocenters. The van der Waals surface area contributed by atoms with Crippen LogP contribution in [-0.4, -0.2) is 21.9 Å². The summed E-state index contributed by atoms with van der Waals surface area (Å²) in [6.45, 7) is 0. The van der Waals surface area contributed by atoms with E-state index in [4.69, 9.17) is 0 Å². The van der Waals surface area contributed by atoms with Gasteiger partial charge in [-0.05, 0) is 24.3 Å². The van der Waals surface area contributed by atoms with Crippen LogP contribution >= 0.6 is 0 Å². The van der Waals surface area contributed by atoms with E-state index in [0.29, 0.717) is 0 Å². The summed E-state index contributed by atoms with van der Waals surface area (Å²) >= 11 is 0. The van der Waals surface area contributed by atoms with Crippen LogP contribution < -0.4 is 10.2 Å². The van der Waals surface area contributed by atoms with Gasteiger partial charge in [0.1, 0.15) is 0 Å². The van der Waals surface area contributed by atoms with E-state index in [0.717, 1.165) is 0 Å². The van der Waals surface area contributed by atoms with Crippen LogP contribution in [0.25, 0.3) is 0 Å². The summed E-state index contributed by atoms with van der Waals surface area (Å²) in [7, 11) is 0. The van der Waals surface area contributed by atoms with E-state index < -0.39 is 11.9 Å². The van der Waals surface area contributed by atoms with Crippen molar-refractivity contribution in [1.82, 2.24) is 9.97 Å². The van der Waals surface area contributed by atoms with Crippen LogP contribution in [0.3, 0.4) is 0 Å². The van der Waals surface area contributed by atoms with Crippen LogP contribution in [0.2, 0.25) is 0 Å². The maximum absolute atomic E-state index is 10.0. The molecule has 0 fully saturated rings. The molecule has 0 aliphatic rings. The Morgan fingerprint density at radius 3 is 1.32 bits per heavy atom. The first-order valence-electron chi connectivity index (χ1n) is 4.86. The predicted molar refractivity (Wildman–Crippen MR) is 57.1 cm³/mol. The molecule has 19 heavy (non-hydrogen) atoms. The van der Waals surface area contributed by atoms with Crippen LogP contribution in [0.5, 0.6) is 0 Å². The average Bonchev–Trinajstić information content (AvgIpc) is 2.41. The van der Waals surface area contributed by atoms with E-state index >= 15 is 0 Å². The van der Waals surface area contributed by atoms with Gasteiger partial charge < -0.3 is 19.8 Å². The van der Waals surface area contributed by atoms with E-state index in [1.165, 1.54) is 24.5 Å². The van der Waals surface area contributed by atoms with Gasteiger partial charge in [0, 0.05) is 32.5 Å². The zero-order chi connectivity index (χ0) is 13.4. The smallest absolute Gasteiger partial charge is 0.0899 e. The maximum Gasteiger partial charge on any atom is 0.0899 e. The van der Waals surface area contributed by atoms with Crippen molar-refractivity contribution in [2.45, 2.75) is 0 Å². The monoisotopic (exact) mass is 437 g/mol. The number of carbonyl (C=O) groups excluding carboxylic acids is 2. The number of pyridine rings is 2. The Kier molecular flexibility index (Phi) is 7.92. The van der Waals surface area contributed by atoms with Crippen LogP contribution in [-0.2, 0) is 20.1 Å². The summed E-state index contributed by atoms with van der Waals surface area (Å²) in [5.41, 5.74) is -0.0602. The first-order chi connectivity index (χ1) is 8.61. The van der Waals surface area contributed by atoms with Gasteiger partial charge in [0.2, 0.25) is 0 Å². The maximum atomic E-state index is 10.0. The van der Waals surface area contributed by atoms with E-state index in [9.17, 15) is 19.8 Å². The Balaban J connectivity index is 0.000000324. The number of carbonyl (C=O) groups is 2. The van der Waals surface area contributed by atoms with Crippen LogP contribution in [0, 0.1) is 0 Å². The number of aromatic carboxylic acids is 2. The molecule has 0 aromatic carbocycles. The molecule has 2 aromatic heterocycles. The Morgan fingerprint density at radius 1 is 0.789 bits per heavy atom. The molecule has 0 aliphatic heterocycles. The van der Waals surface area contributed by atoms with Crippen molar-refractivity contribution in [1.29, 1.82) is 0 Å². The third kappa shape index (κ3) is 6.40. The van der Waals surface area contributed by atoms with Crippen LogP contribution in [0.4, 0.5) is 0 Å². The van der Waals surface area contributed by atoms with Gasteiger partial charge in [0.15, 0.2) is 0 Å². The topological polar surface area (TPSA) is 106 Å². The van der Waals surface area contributed by atoms with E-state index in [-0.39, 0.29) is 31.5 Å². The number of hydrogen-bond donors (Lipinski definition) is 0. The summed E-state index contributed by atoms with van der Waals surface area (Å²) in [5, 5.41) is 20.1. The van der Waals surface area contributed by atoms with Gasteiger partial charge in [-0.15, -0.1) is 0 Å². The second kappa shape index (κ2) is 8.90. The molecule has 0 spiro atoms. The second-order valence-electron chi connectivity index (χ2n) is 3.00. The molecular formula is C12H8IrN2O4-2. The van der Waals surface area contributed by atoms with Crippen molar-refractivity contribution in [2.24, 2.45) is 0 Å². The minimum atomic E-state index is -1.24. The fourth-order valence-corrected chi connectivity index (χ4v) is 0.967. The normalized spacial score (nSPS) is 8.42. The van der Waals surface area contributed by atoms with Gasteiger partial charge in [-0.1, -0.05) is 12.1 Å². The number of aromatic nitrogens is 2. The summed E-state index contributed by atoms with van der Waals surface area (Å²) in [5.74, 6) is -2.48. The molecule has 0 saturated heterocycles. The predicted octanol–water partition coefficient (Wildman–Crippen LogP) is -1.11. The Bertz CT molecular complexity index is 470. The molecule has 0 saturated carbocycles. The molecule has 2 rings (SSSR count). The Hall–Kier alpha value is -2.11. The minimum Gasteiger partial charge on any atom is -0.543 e. The van der Waals surface area contributed by atoms with Crippen molar-refractivity contribution in [3.63, 3.8) is 0 Å². The summed E-state index contributed by atoms with van der Waals surface area (Å²) in [6.07, 6.45) is 2.82. The van der Waals surface area contributed by atoms with E-state index in [1.54, 1.807) is 24.3 Å². The molecule has 0 bridgehead atoms. The SMILES string of the molecule is O=C([O-])c1ccccn1.O=C([O-])c1ccccn1.[Ir]. The molecule has 2 aromatic rings. The van der Waals surface area contributed by atoms with Gasteiger partial charge in [0.05, 0.1) is 23.3 Å². The zero-order valence-corrected chi connectivity index (χ0v) is 11.9. The van der Waals surface area contributed by atoms with E-state index in [1.807, 2.05) is 0 Å². The minimum absolute atomic E-state index is 0. The number of nitrogens with zero attached hydrogens (tertiary/aromatic N) is 2. The zero-order valence-electron chi connectivity index (χ0n) is 9.48. The molecule has 0 amide bonds. The van der Waals surface area contributed by atoms with Crippen molar-refractivity contribution >= 4 is 11.9 Å². The van der Waals surface area contributed by atoms with Crippen molar-refractivity contribution < 1.29 is 39.9 Å². The quantitative estimate of drug-likeness (QED) is 0.591. The average molecular weight is 436 g/mol. The van der Waals surface area contributed by atoms with Crippen molar-refractivity contribution in [2.75, 3.05) is 0 Å². The van der Waals surface area contributed by atoms with E-state index in [2.05, 4.69) is 9.97 Å². The van der Waals surface area contributed by atoms with Crippen molar-refractivity contribution in [3.8, 4) is 0 Å². The Labute approximate surface area is 122 Å².